The second-order valence-electron chi connectivity index (χ2n) is 9.28. The Morgan fingerprint density at radius 2 is 1.75 bits per heavy atom. The molecule has 0 bridgehead atoms. The molecule has 8 atom stereocenters. The number of ether oxygens (including phenoxy) is 1. The van der Waals surface area contributed by atoms with Crippen molar-refractivity contribution in [3.05, 3.63) is 0 Å². The molecule has 0 aromatic heterocycles. The van der Waals surface area contributed by atoms with Crippen LogP contribution < -0.4 is 0 Å². The fourth-order valence-electron chi connectivity index (χ4n) is 7.59. The molecule has 5 rings (SSSR count). The van der Waals surface area contributed by atoms with Crippen molar-refractivity contribution in [2.75, 3.05) is 0 Å². The number of rotatable bonds is 0. The van der Waals surface area contributed by atoms with E-state index in [1.165, 1.54) is 44.9 Å². The molecule has 20 heavy (non-hydrogen) atoms. The minimum atomic E-state index is 0.559. The Labute approximate surface area is 123 Å². The first-order valence-electron chi connectivity index (χ1n) is 9.28. The van der Waals surface area contributed by atoms with Gasteiger partial charge in [-0.1, -0.05) is 26.7 Å². The second-order valence-corrected chi connectivity index (χ2v) is 9.28. The number of fused-ring (bicyclic) bond motifs is 7. The first-order chi connectivity index (χ1) is 9.63. The van der Waals surface area contributed by atoms with Gasteiger partial charge in [0, 0.05) is 0 Å². The lowest BCUT2D eigenvalue weighted by Gasteiger charge is -2.60. The first kappa shape index (κ1) is 12.5. The number of hydrogen-bond acceptors (Lipinski definition) is 1. The van der Waals surface area contributed by atoms with E-state index in [9.17, 15) is 0 Å². The molecule has 5 fully saturated rings. The molecule has 0 aromatic rings. The van der Waals surface area contributed by atoms with Gasteiger partial charge in [-0.25, -0.2) is 0 Å². The van der Waals surface area contributed by atoms with Gasteiger partial charge in [-0.05, 0) is 79.4 Å². The fraction of sp³-hybridized carbons (Fsp3) is 1.00. The maximum atomic E-state index is 5.94. The first-order valence-corrected chi connectivity index (χ1v) is 9.28. The van der Waals surface area contributed by atoms with Crippen LogP contribution in [-0.2, 0) is 4.74 Å². The summed E-state index contributed by atoms with van der Waals surface area (Å²) in [5.74, 6) is 4.17. The summed E-state index contributed by atoms with van der Waals surface area (Å²) in [6.45, 7) is 5.25. The summed E-state index contributed by atoms with van der Waals surface area (Å²) in [6, 6.07) is 0. The third-order valence-corrected chi connectivity index (χ3v) is 8.74. The molecule has 0 aromatic carbocycles. The van der Waals surface area contributed by atoms with Gasteiger partial charge in [0.05, 0.1) is 12.2 Å². The van der Waals surface area contributed by atoms with Crippen molar-refractivity contribution >= 4 is 0 Å². The average molecular weight is 274 g/mol. The summed E-state index contributed by atoms with van der Waals surface area (Å²) in [4.78, 5) is 0. The molecule has 0 N–H and O–H groups in total. The molecule has 1 unspecified atom stereocenters. The van der Waals surface area contributed by atoms with Crippen molar-refractivity contribution in [2.45, 2.75) is 83.8 Å². The Morgan fingerprint density at radius 1 is 0.850 bits per heavy atom. The smallest absolute Gasteiger partial charge is 0.0898 e. The Balaban J connectivity index is 1.48. The van der Waals surface area contributed by atoms with Crippen molar-refractivity contribution in [1.29, 1.82) is 0 Å². The van der Waals surface area contributed by atoms with Crippen LogP contribution in [-0.4, -0.2) is 12.2 Å². The summed E-state index contributed by atoms with van der Waals surface area (Å²) in [6.07, 6.45) is 14.9. The zero-order valence-electron chi connectivity index (χ0n) is 13.2. The number of hydrogen-bond donors (Lipinski definition) is 0. The summed E-state index contributed by atoms with van der Waals surface area (Å²) in [5.41, 5.74) is 1.26. The Hall–Kier alpha value is -0.0400. The lowest BCUT2D eigenvalue weighted by molar-refractivity contribution is -0.117. The van der Waals surface area contributed by atoms with Crippen molar-refractivity contribution in [2.24, 2.45) is 34.5 Å². The molecule has 0 radical (unpaired) electrons. The summed E-state index contributed by atoms with van der Waals surface area (Å²) >= 11 is 0. The Bertz CT molecular complexity index is 431. The third-order valence-electron chi connectivity index (χ3n) is 8.74. The quantitative estimate of drug-likeness (QED) is 0.578. The van der Waals surface area contributed by atoms with Gasteiger partial charge in [0.15, 0.2) is 0 Å². The third kappa shape index (κ3) is 1.39. The maximum absolute atomic E-state index is 5.94. The highest BCUT2D eigenvalue weighted by molar-refractivity contribution is 5.16. The van der Waals surface area contributed by atoms with Gasteiger partial charge >= 0.3 is 0 Å². The largest absolute Gasteiger partial charge is 0.369 e. The lowest BCUT2D eigenvalue weighted by atomic mass is 9.45. The van der Waals surface area contributed by atoms with E-state index in [0.29, 0.717) is 23.0 Å². The van der Waals surface area contributed by atoms with E-state index in [1.807, 2.05) is 0 Å². The van der Waals surface area contributed by atoms with Crippen molar-refractivity contribution in [3.8, 4) is 0 Å². The van der Waals surface area contributed by atoms with Gasteiger partial charge in [0.2, 0.25) is 0 Å². The highest BCUT2D eigenvalue weighted by atomic mass is 16.6. The molecular formula is C19H30O. The fourth-order valence-corrected chi connectivity index (χ4v) is 7.59. The molecular weight excluding hydrogens is 244 g/mol. The predicted octanol–water partition coefficient (Wildman–Crippen LogP) is 4.80. The van der Waals surface area contributed by atoms with Crippen molar-refractivity contribution in [1.82, 2.24) is 0 Å². The van der Waals surface area contributed by atoms with E-state index in [0.717, 1.165) is 23.7 Å². The normalized spacial score (nSPS) is 63.9. The van der Waals surface area contributed by atoms with Gasteiger partial charge < -0.3 is 4.74 Å². The minimum absolute atomic E-state index is 0.559. The van der Waals surface area contributed by atoms with Crippen LogP contribution in [0.15, 0.2) is 0 Å². The van der Waals surface area contributed by atoms with Crippen molar-refractivity contribution in [3.63, 3.8) is 0 Å². The molecule has 0 amide bonds. The molecule has 1 heterocycles. The SMILES string of the molecule is C[C@]12CC[C@H]3[C@@H](CCC4CCCC[C@@]43C)[C@@H]1C[C@H]1O[C@H]12. The highest BCUT2D eigenvalue weighted by Gasteiger charge is 2.67. The van der Waals surface area contributed by atoms with Gasteiger partial charge in [-0.3, -0.25) is 0 Å². The maximum Gasteiger partial charge on any atom is 0.0898 e. The lowest BCUT2D eigenvalue weighted by Crippen LogP contribution is -2.53. The van der Waals surface area contributed by atoms with Crippen molar-refractivity contribution < 1.29 is 4.74 Å². The molecule has 1 nitrogen and oxygen atoms in total. The van der Waals surface area contributed by atoms with E-state index in [-0.39, 0.29) is 0 Å². The van der Waals surface area contributed by atoms with Gasteiger partial charge in [-0.2, -0.15) is 0 Å². The van der Waals surface area contributed by atoms with Crippen LogP contribution in [0.1, 0.15) is 71.6 Å². The van der Waals surface area contributed by atoms with Crippen LogP contribution >= 0.6 is 0 Å². The van der Waals surface area contributed by atoms with Gasteiger partial charge in [0.25, 0.3) is 0 Å². The predicted molar refractivity (Wildman–Crippen MR) is 80.4 cm³/mol. The summed E-state index contributed by atoms with van der Waals surface area (Å²) < 4.78 is 5.94. The van der Waals surface area contributed by atoms with Crippen LogP contribution in [0, 0.1) is 34.5 Å². The zero-order valence-corrected chi connectivity index (χ0v) is 13.2. The molecule has 1 heteroatoms. The minimum Gasteiger partial charge on any atom is -0.369 e. The van der Waals surface area contributed by atoms with Crippen LogP contribution in [0.2, 0.25) is 0 Å². The Morgan fingerprint density at radius 3 is 2.65 bits per heavy atom. The highest BCUT2D eigenvalue weighted by Crippen LogP contribution is 2.69. The molecule has 0 spiro atoms. The molecule has 1 saturated heterocycles. The molecule has 112 valence electrons. The number of epoxide rings is 1. The van der Waals surface area contributed by atoms with Crippen LogP contribution in [0.4, 0.5) is 0 Å². The van der Waals surface area contributed by atoms with E-state index < -0.39 is 0 Å². The molecule has 1 aliphatic heterocycles. The zero-order chi connectivity index (χ0) is 13.5. The molecule has 5 aliphatic rings. The van der Waals surface area contributed by atoms with Crippen LogP contribution in [0.3, 0.4) is 0 Å². The second kappa shape index (κ2) is 3.83. The monoisotopic (exact) mass is 274 g/mol. The summed E-state index contributed by atoms with van der Waals surface area (Å²) in [7, 11) is 0. The van der Waals surface area contributed by atoms with E-state index in [2.05, 4.69) is 13.8 Å². The Kier molecular flexibility index (Phi) is 2.39. The molecule has 4 aliphatic carbocycles. The van der Waals surface area contributed by atoms with E-state index in [4.69, 9.17) is 4.74 Å². The van der Waals surface area contributed by atoms with E-state index in [1.54, 1.807) is 12.8 Å². The topological polar surface area (TPSA) is 12.5 Å². The van der Waals surface area contributed by atoms with Crippen LogP contribution in [0.5, 0.6) is 0 Å². The summed E-state index contributed by atoms with van der Waals surface area (Å²) in [5, 5.41) is 0. The van der Waals surface area contributed by atoms with Gasteiger partial charge in [-0.15, -0.1) is 0 Å². The molecule has 4 saturated carbocycles. The van der Waals surface area contributed by atoms with Crippen LogP contribution in [0.25, 0.3) is 0 Å². The average Bonchev–Trinajstić information content (AvgIpc) is 3.16. The van der Waals surface area contributed by atoms with Gasteiger partial charge in [0.1, 0.15) is 0 Å². The standard InChI is InChI=1S/C19H30O/c1-18-9-4-3-5-12(18)6-7-13-14(18)8-10-19(2)15(13)11-16-17(19)20-16/h12-17H,3-11H2,1-2H3/t12?,13-,14+,15+,16-,17-,18+,19+/m1/s1. The van der Waals surface area contributed by atoms with E-state index >= 15 is 0 Å².